The third-order valence-electron chi connectivity index (χ3n) is 6.50. The van der Waals surface area contributed by atoms with Gasteiger partial charge < -0.3 is 46.6 Å². The van der Waals surface area contributed by atoms with Gasteiger partial charge in [0, 0.05) is 34.9 Å². The smallest absolute Gasteiger partial charge is 0.173 e. The second kappa shape index (κ2) is 12.8. The van der Waals surface area contributed by atoms with Gasteiger partial charge in [-0.15, -0.1) is 0 Å². The number of rotatable bonds is 10. The maximum Gasteiger partial charge on any atom is 0.173 e. The molecule has 0 radical (unpaired) electrons. The highest BCUT2D eigenvalue weighted by molar-refractivity contribution is 5.56. The van der Waals surface area contributed by atoms with Gasteiger partial charge in [0.25, 0.3) is 0 Å². The first-order valence-electron chi connectivity index (χ1n) is 14.0. The number of hydrogen-bond donors (Lipinski definition) is 4. The molecule has 0 fully saturated rings. The molecule has 45 heavy (non-hydrogen) atoms. The van der Waals surface area contributed by atoms with Crippen LogP contribution in [0.5, 0.6) is 57.5 Å². The van der Waals surface area contributed by atoms with Crippen LogP contribution in [0.3, 0.4) is 0 Å². The van der Waals surface area contributed by atoms with E-state index in [-0.39, 0.29) is 0 Å². The molecule has 6 aromatic rings. The van der Waals surface area contributed by atoms with Crippen LogP contribution in [0.1, 0.15) is 0 Å². The zero-order valence-electron chi connectivity index (χ0n) is 24.1. The van der Waals surface area contributed by atoms with Gasteiger partial charge in [0.2, 0.25) is 0 Å². The monoisotopic (exact) mass is 598 g/mol. The number of ether oxygens (including phenoxy) is 5. The van der Waals surface area contributed by atoms with Crippen molar-refractivity contribution < 1.29 is 23.7 Å². The summed E-state index contributed by atoms with van der Waals surface area (Å²) in [6.45, 7) is 0. The first-order chi connectivity index (χ1) is 21.9. The third kappa shape index (κ3) is 7.49. The van der Waals surface area contributed by atoms with Gasteiger partial charge in [0.15, 0.2) is 23.0 Å². The van der Waals surface area contributed by atoms with Gasteiger partial charge in [-0.2, -0.15) is 0 Å². The molecule has 0 aliphatic carbocycles. The lowest BCUT2D eigenvalue weighted by Gasteiger charge is -2.17. The lowest BCUT2D eigenvalue weighted by atomic mass is 10.2. The Morgan fingerprint density at radius 2 is 0.511 bits per heavy atom. The normalized spacial score (nSPS) is 10.6. The van der Waals surface area contributed by atoms with Crippen molar-refractivity contribution in [1.29, 1.82) is 0 Å². The van der Waals surface area contributed by atoms with Crippen LogP contribution in [0.2, 0.25) is 0 Å². The van der Waals surface area contributed by atoms with Crippen LogP contribution >= 0.6 is 0 Å². The second-order valence-electron chi connectivity index (χ2n) is 10.0. The molecule has 0 atom stereocenters. The van der Waals surface area contributed by atoms with E-state index in [4.69, 9.17) is 46.6 Å². The standard InChI is InChI=1S/C36H30N4O5/c37-23-1-9-27(10-2-23)41-31-17-19-33(35(21-31)43-29-13-5-25(39)6-14-29)45-34-20-18-32(42-28-11-3-24(38)4-12-28)22-36(34)44-30-15-7-26(40)8-16-30/h1-22H,37-40H2. The van der Waals surface area contributed by atoms with Crippen molar-refractivity contribution in [3.8, 4) is 57.5 Å². The van der Waals surface area contributed by atoms with E-state index >= 15 is 0 Å². The Morgan fingerprint density at radius 3 is 0.822 bits per heavy atom. The number of benzene rings is 6. The van der Waals surface area contributed by atoms with Crippen LogP contribution in [0, 0.1) is 0 Å². The first kappa shape index (κ1) is 28.6. The number of hydrogen-bond acceptors (Lipinski definition) is 9. The molecule has 9 heteroatoms. The van der Waals surface area contributed by atoms with Crippen LogP contribution < -0.4 is 46.6 Å². The second-order valence-corrected chi connectivity index (χ2v) is 10.0. The zero-order chi connectivity index (χ0) is 31.2. The van der Waals surface area contributed by atoms with Crippen LogP contribution in [0.25, 0.3) is 0 Å². The van der Waals surface area contributed by atoms with Crippen LogP contribution in [0.4, 0.5) is 22.7 Å². The van der Waals surface area contributed by atoms with E-state index in [0.717, 1.165) is 0 Å². The first-order valence-corrected chi connectivity index (χ1v) is 14.0. The minimum absolute atomic E-state index is 0.397. The van der Waals surface area contributed by atoms with E-state index < -0.39 is 0 Å². The molecule has 0 aliphatic heterocycles. The molecular formula is C36H30N4O5. The van der Waals surface area contributed by atoms with Gasteiger partial charge in [-0.25, -0.2) is 0 Å². The van der Waals surface area contributed by atoms with Crippen LogP contribution in [0.15, 0.2) is 133 Å². The molecule has 0 unspecified atom stereocenters. The van der Waals surface area contributed by atoms with Crippen molar-refractivity contribution in [3.63, 3.8) is 0 Å². The van der Waals surface area contributed by atoms with Crippen molar-refractivity contribution in [2.75, 3.05) is 22.9 Å². The molecule has 0 heterocycles. The summed E-state index contributed by atoms with van der Waals surface area (Å²) in [4.78, 5) is 0. The molecule has 0 bridgehead atoms. The van der Waals surface area contributed by atoms with Crippen LogP contribution in [-0.4, -0.2) is 0 Å². The maximum atomic E-state index is 6.43. The predicted octanol–water partition coefficient (Wildman–Crippen LogP) is 8.98. The Morgan fingerprint density at radius 1 is 0.244 bits per heavy atom. The molecule has 0 saturated heterocycles. The molecule has 0 aliphatic rings. The van der Waals surface area contributed by atoms with E-state index in [0.29, 0.717) is 80.2 Å². The minimum Gasteiger partial charge on any atom is -0.457 e. The number of nitrogens with two attached hydrogens (primary N) is 4. The van der Waals surface area contributed by atoms with Gasteiger partial charge in [0.1, 0.15) is 34.5 Å². The number of anilines is 4. The lowest BCUT2D eigenvalue weighted by Crippen LogP contribution is -1.96. The Labute approximate surface area is 260 Å². The highest BCUT2D eigenvalue weighted by Gasteiger charge is 2.16. The van der Waals surface area contributed by atoms with Gasteiger partial charge in [-0.05, 0) is 121 Å². The fraction of sp³-hybridized carbons (Fsp3) is 0. The summed E-state index contributed by atoms with van der Waals surface area (Å²) in [6.07, 6.45) is 0. The van der Waals surface area contributed by atoms with Crippen molar-refractivity contribution in [1.82, 2.24) is 0 Å². The van der Waals surface area contributed by atoms with E-state index in [2.05, 4.69) is 0 Å². The summed E-state index contributed by atoms with van der Waals surface area (Å²) in [5.74, 6) is 5.03. The fourth-order valence-electron chi connectivity index (χ4n) is 4.22. The topological polar surface area (TPSA) is 150 Å². The molecule has 0 saturated carbocycles. The van der Waals surface area contributed by atoms with Crippen LogP contribution in [-0.2, 0) is 0 Å². The predicted molar refractivity (Wildman–Crippen MR) is 177 cm³/mol. The summed E-state index contributed by atoms with van der Waals surface area (Å²) in [5, 5.41) is 0. The molecule has 0 aromatic heterocycles. The molecule has 0 amide bonds. The number of nitrogen functional groups attached to an aromatic ring is 4. The summed E-state index contributed by atoms with van der Waals surface area (Å²) in [7, 11) is 0. The van der Waals surface area contributed by atoms with Crippen molar-refractivity contribution in [2.45, 2.75) is 0 Å². The SMILES string of the molecule is Nc1ccc(Oc2ccc(Oc3ccc(Oc4ccc(N)cc4)cc3Oc3ccc(N)cc3)c(Oc3ccc(N)cc3)c2)cc1. The highest BCUT2D eigenvalue weighted by Crippen LogP contribution is 2.44. The fourth-order valence-corrected chi connectivity index (χ4v) is 4.22. The molecule has 6 rings (SSSR count). The van der Waals surface area contributed by atoms with E-state index in [1.54, 1.807) is 133 Å². The Kier molecular flexibility index (Phi) is 8.15. The molecule has 8 N–H and O–H groups in total. The Bertz CT molecular complexity index is 1750. The average molecular weight is 599 g/mol. The minimum atomic E-state index is 0.397. The quantitative estimate of drug-likeness (QED) is 0.113. The summed E-state index contributed by atoms with van der Waals surface area (Å²) >= 11 is 0. The van der Waals surface area contributed by atoms with Gasteiger partial charge >= 0.3 is 0 Å². The Balaban J connectivity index is 1.34. The molecule has 0 spiro atoms. The summed E-state index contributed by atoms with van der Waals surface area (Å²) < 4.78 is 31.0. The Hall–Kier alpha value is -6.48. The summed E-state index contributed by atoms with van der Waals surface area (Å²) in [6, 6.07) is 38.8. The molecule has 9 nitrogen and oxygen atoms in total. The highest BCUT2D eigenvalue weighted by atomic mass is 16.5. The van der Waals surface area contributed by atoms with E-state index in [9.17, 15) is 0 Å². The van der Waals surface area contributed by atoms with E-state index in [1.165, 1.54) is 0 Å². The molecular weight excluding hydrogens is 568 g/mol. The van der Waals surface area contributed by atoms with Gasteiger partial charge in [0.05, 0.1) is 0 Å². The van der Waals surface area contributed by atoms with Crippen molar-refractivity contribution in [3.05, 3.63) is 133 Å². The largest absolute Gasteiger partial charge is 0.457 e. The average Bonchev–Trinajstić information content (AvgIpc) is 3.04. The molecule has 224 valence electrons. The van der Waals surface area contributed by atoms with Crippen molar-refractivity contribution in [2.24, 2.45) is 0 Å². The summed E-state index contributed by atoms with van der Waals surface area (Å²) in [5.41, 5.74) is 25.9. The van der Waals surface area contributed by atoms with Gasteiger partial charge in [-0.1, -0.05) is 0 Å². The third-order valence-corrected chi connectivity index (χ3v) is 6.50. The zero-order valence-corrected chi connectivity index (χ0v) is 24.1. The lowest BCUT2D eigenvalue weighted by molar-refractivity contribution is 0.388. The van der Waals surface area contributed by atoms with Gasteiger partial charge in [-0.3, -0.25) is 0 Å². The molecule has 6 aromatic carbocycles. The van der Waals surface area contributed by atoms with Crippen molar-refractivity contribution >= 4 is 22.7 Å². The van der Waals surface area contributed by atoms with E-state index in [1.807, 2.05) is 0 Å². The maximum absolute atomic E-state index is 6.43.